The number of hydrogen-bond acceptors (Lipinski definition) is 3. The lowest BCUT2D eigenvalue weighted by atomic mass is 9.74. The molecule has 2 rings (SSSR count). The van der Waals surface area contributed by atoms with E-state index in [-0.39, 0.29) is 23.3 Å². The summed E-state index contributed by atoms with van der Waals surface area (Å²) in [7, 11) is 4.02. The fourth-order valence-corrected chi connectivity index (χ4v) is 3.61. The van der Waals surface area contributed by atoms with Crippen LogP contribution in [0.15, 0.2) is 54.6 Å². The zero-order valence-corrected chi connectivity index (χ0v) is 18.8. The third kappa shape index (κ3) is 6.99. The Balaban J connectivity index is 1.99. The topological polar surface area (TPSA) is 75.4 Å². The van der Waals surface area contributed by atoms with E-state index in [1.807, 2.05) is 44.4 Å². The van der Waals surface area contributed by atoms with Gasteiger partial charge in [-0.2, -0.15) is 0 Å². The van der Waals surface area contributed by atoms with Crippen molar-refractivity contribution in [3.8, 4) is 0 Å². The van der Waals surface area contributed by atoms with E-state index in [4.69, 9.17) is 5.73 Å². The maximum atomic E-state index is 12.8. The normalized spacial score (nSPS) is 13.7. The molecular weight excluding hydrogens is 374 g/mol. The van der Waals surface area contributed by atoms with Crippen molar-refractivity contribution in [1.29, 1.82) is 0 Å². The van der Waals surface area contributed by atoms with Gasteiger partial charge in [-0.05, 0) is 55.1 Å². The summed E-state index contributed by atoms with van der Waals surface area (Å²) in [6.07, 6.45) is 1.23. The zero-order chi connectivity index (χ0) is 22.3. The number of rotatable bonds is 9. The van der Waals surface area contributed by atoms with E-state index >= 15 is 0 Å². The molecule has 0 saturated heterocycles. The quantitative estimate of drug-likeness (QED) is 0.664. The lowest BCUT2D eigenvalue weighted by Gasteiger charge is -2.31. The molecule has 3 N–H and O–H groups in total. The largest absolute Gasteiger partial charge is 0.366 e. The Bertz CT molecular complexity index is 824. The minimum absolute atomic E-state index is 0.0121. The third-order valence-electron chi connectivity index (χ3n) is 5.61. The molecule has 5 nitrogen and oxygen atoms in total. The summed E-state index contributed by atoms with van der Waals surface area (Å²) in [5.41, 5.74) is 8.10. The van der Waals surface area contributed by atoms with Gasteiger partial charge in [0.25, 0.3) is 0 Å². The second-order valence-electron chi connectivity index (χ2n) is 9.22. The molecule has 2 aromatic rings. The summed E-state index contributed by atoms with van der Waals surface area (Å²) in [6.45, 7) is 7.10. The van der Waals surface area contributed by atoms with E-state index in [1.54, 1.807) is 12.1 Å². The molecule has 0 spiro atoms. The summed E-state index contributed by atoms with van der Waals surface area (Å²) >= 11 is 0. The first kappa shape index (κ1) is 23.6. The van der Waals surface area contributed by atoms with Gasteiger partial charge in [-0.1, -0.05) is 63.2 Å². The maximum Gasteiger partial charge on any atom is 0.248 e. The number of nitrogens with two attached hydrogens (primary N) is 1. The number of likely N-dealkylation sites (N-methyl/N-ethyl adjacent to an activating group) is 1. The molecule has 0 fully saturated rings. The molecule has 0 aliphatic heterocycles. The Hall–Kier alpha value is -2.66. The highest BCUT2D eigenvalue weighted by molar-refractivity contribution is 5.92. The van der Waals surface area contributed by atoms with Gasteiger partial charge in [0.05, 0.1) is 0 Å². The molecule has 2 aromatic carbocycles. The van der Waals surface area contributed by atoms with E-state index in [2.05, 4.69) is 43.1 Å². The highest BCUT2D eigenvalue weighted by Gasteiger charge is 2.28. The minimum Gasteiger partial charge on any atom is -0.366 e. The van der Waals surface area contributed by atoms with Gasteiger partial charge in [0.1, 0.15) is 0 Å². The first-order valence-corrected chi connectivity index (χ1v) is 10.4. The fourth-order valence-electron chi connectivity index (χ4n) is 3.61. The van der Waals surface area contributed by atoms with Crippen molar-refractivity contribution in [2.75, 3.05) is 20.6 Å². The van der Waals surface area contributed by atoms with E-state index in [0.717, 1.165) is 12.0 Å². The van der Waals surface area contributed by atoms with Gasteiger partial charge in [-0.15, -0.1) is 0 Å². The Kier molecular flexibility index (Phi) is 8.18. The van der Waals surface area contributed by atoms with Crippen LogP contribution in [0, 0.1) is 5.41 Å². The number of nitrogens with one attached hydrogen (secondary N) is 1. The average molecular weight is 410 g/mol. The van der Waals surface area contributed by atoms with E-state index < -0.39 is 5.91 Å². The Morgan fingerprint density at radius 2 is 1.60 bits per heavy atom. The van der Waals surface area contributed by atoms with Crippen LogP contribution in [0.2, 0.25) is 0 Å². The summed E-state index contributed by atoms with van der Waals surface area (Å²) in [6, 6.07) is 17.7. The monoisotopic (exact) mass is 409 g/mol. The van der Waals surface area contributed by atoms with E-state index in [1.165, 1.54) is 5.56 Å². The third-order valence-corrected chi connectivity index (χ3v) is 5.61. The van der Waals surface area contributed by atoms with E-state index in [0.29, 0.717) is 18.5 Å². The molecule has 0 aliphatic rings. The molecule has 2 atom stereocenters. The van der Waals surface area contributed by atoms with Gasteiger partial charge in [0, 0.05) is 24.6 Å². The van der Waals surface area contributed by atoms with Crippen molar-refractivity contribution in [1.82, 2.24) is 10.2 Å². The highest BCUT2D eigenvalue weighted by Crippen LogP contribution is 2.37. The van der Waals surface area contributed by atoms with Gasteiger partial charge in [0.2, 0.25) is 11.8 Å². The van der Waals surface area contributed by atoms with Crippen LogP contribution in [0.25, 0.3) is 0 Å². The van der Waals surface area contributed by atoms with Crippen LogP contribution in [-0.2, 0) is 11.2 Å². The number of primary amides is 1. The second kappa shape index (κ2) is 10.4. The first-order valence-electron chi connectivity index (χ1n) is 10.4. The zero-order valence-electron chi connectivity index (χ0n) is 18.8. The first-order chi connectivity index (χ1) is 14.1. The van der Waals surface area contributed by atoms with Crippen molar-refractivity contribution >= 4 is 11.8 Å². The number of benzene rings is 2. The van der Waals surface area contributed by atoms with Gasteiger partial charge < -0.3 is 16.0 Å². The van der Waals surface area contributed by atoms with Crippen molar-refractivity contribution < 1.29 is 9.59 Å². The molecule has 0 unspecified atom stereocenters. The molecule has 2 amide bonds. The molecule has 30 heavy (non-hydrogen) atoms. The van der Waals surface area contributed by atoms with Crippen molar-refractivity contribution in [3.63, 3.8) is 0 Å². The van der Waals surface area contributed by atoms with Crippen LogP contribution in [0.3, 0.4) is 0 Å². The van der Waals surface area contributed by atoms with E-state index in [9.17, 15) is 9.59 Å². The molecule has 0 aliphatic carbocycles. The van der Waals surface area contributed by atoms with Gasteiger partial charge in [-0.25, -0.2) is 0 Å². The van der Waals surface area contributed by atoms with Crippen molar-refractivity contribution in [3.05, 3.63) is 71.3 Å². The smallest absolute Gasteiger partial charge is 0.248 e. The number of carbonyl (C=O) groups excluding carboxylic acids is 2. The minimum atomic E-state index is -0.426. The predicted octanol–water partition coefficient (Wildman–Crippen LogP) is 3.59. The van der Waals surface area contributed by atoms with Crippen LogP contribution in [-0.4, -0.2) is 43.4 Å². The maximum absolute atomic E-state index is 12.8. The summed E-state index contributed by atoms with van der Waals surface area (Å²) in [5, 5.41) is 3.13. The van der Waals surface area contributed by atoms with Crippen molar-refractivity contribution in [2.45, 2.75) is 45.6 Å². The molecule has 0 aromatic heterocycles. The molecule has 162 valence electrons. The molecule has 0 radical (unpaired) electrons. The summed E-state index contributed by atoms with van der Waals surface area (Å²) in [5.74, 6) is -0.211. The van der Waals surface area contributed by atoms with Crippen LogP contribution < -0.4 is 11.1 Å². The molecule has 0 heterocycles. The summed E-state index contributed by atoms with van der Waals surface area (Å²) < 4.78 is 0. The molecule has 0 bridgehead atoms. The summed E-state index contributed by atoms with van der Waals surface area (Å²) in [4.78, 5) is 26.2. The second-order valence-corrected chi connectivity index (χ2v) is 9.22. The van der Waals surface area contributed by atoms with Gasteiger partial charge in [0.15, 0.2) is 0 Å². The SMILES string of the molecule is CN(C)[C@H](CNC(=O)C[C@@H](c1ccccc1)C(C)(C)C)Cc1ccc(C(N)=O)cc1. The predicted molar refractivity (Wildman–Crippen MR) is 122 cm³/mol. The van der Waals surface area contributed by atoms with Crippen LogP contribution in [0.4, 0.5) is 0 Å². The molecule has 0 saturated carbocycles. The number of hydrogen-bond donors (Lipinski definition) is 2. The Labute approximate surface area is 180 Å². The van der Waals surface area contributed by atoms with Gasteiger partial charge in [-0.3, -0.25) is 9.59 Å². The van der Waals surface area contributed by atoms with Crippen molar-refractivity contribution in [2.24, 2.45) is 11.1 Å². The van der Waals surface area contributed by atoms with Gasteiger partial charge >= 0.3 is 0 Å². The lowest BCUT2D eigenvalue weighted by molar-refractivity contribution is -0.122. The average Bonchev–Trinajstić information content (AvgIpc) is 2.69. The fraction of sp³-hybridized carbons (Fsp3) is 0.440. The molecular formula is C25H35N3O2. The number of amides is 2. The van der Waals surface area contributed by atoms with Crippen LogP contribution >= 0.6 is 0 Å². The number of nitrogens with zero attached hydrogens (tertiary/aromatic N) is 1. The molecule has 5 heteroatoms. The lowest BCUT2D eigenvalue weighted by Crippen LogP contribution is -2.42. The van der Waals surface area contributed by atoms with Crippen LogP contribution in [0.1, 0.15) is 54.6 Å². The standard InChI is InChI=1S/C25H35N3O2/c1-25(2,3)22(19-9-7-6-8-10-19)16-23(29)27-17-21(28(4)5)15-18-11-13-20(14-12-18)24(26)30/h6-14,21-22H,15-17H2,1-5H3,(H2,26,30)(H,27,29)/t21-,22-/m0/s1. The number of carbonyl (C=O) groups is 2. The highest BCUT2D eigenvalue weighted by atomic mass is 16.1. The Morgan fingerprint density at radius 1 is 1.00 bits per heavy atom. The van der Waals surface area contributed by atoms with Crippen LogP contribution in [0.5, 0.6) is 0 Å². The Morgan fingerprint density at radius 3 is 2.10 bits per heavy atom.